The first-order valence-electron chi connectivity index (χ1n) is 19.3. The van der Waals surface area contributed by atoms with E-state index in [0.29, 0.717) is 0 Å². The van der Waals surface area contributed by atoms with E-state index in [4.69, 9.17) is 52.1 Å². The van der Waals surface area contributed by atoms with Crippen molar-refractivity contribution in [1.82, 2.24) is 0 Å². The van der Waals surface area contributed by atoms with Crippen molar-refractivity contribution in [2.24, 2.45) is 23.7 Å². The van der Waals surface area contributed by atoms with Gasteiger partial charge in [-0.3, -0.25) is 43.1 Å². The zero-order chi connectivity index (χ0) is 44.1. The summed E-state index contributed by atoms with van der Waals surface area (Å²) >= 11 is 0. The molecule has 0 N–H and O–H groups in total. The van der Waals surface area contributed by atoms with Crippen molar-refractivity contribution < 1.29 is 90.5 Å². The van der Waals surface area contributed by atoms with Crippen LogP contribution in [0.5, 0.6) is 0 Å². The summed E-state index contributed by atoms with van der Waals surface area (Å²) in [6.45, 7) is 16.8. The van der Waals surface area contributed by atoms with Gasteiger partial charge in [0.05, 0.1) is 0 Å². The maximum absolute atomic E-state index is 13.7. The van der Waals surface area contributed by atoms with Crippen molar-refractivity contribution in [3.63, 3.8) is 0 Å². The molecule has 330 valence electrons. The quantitative estimate of drug-likeness (QED) is 0.0972. The predicted molar refractivity (Wildman–Crippen MR) is 195 cm³/mol. The monoisotopic (exact) mass is 832 g/mol. The molecule has 0 radical (unpaired) electrons. The smallest absolute Gasteiger partial charge is 0.375 e. The topological polar surface area (TPSA) is 238 Å². The van der Waals surface area contributed by atoms with Gasteiger partial charge in [0.1, 0.15) is 25.4 Å². The molecular weight excluding hydrogens is 772 g/mol. The van der Waals surface area contributed by atoms with Crippen molar-refractivity contribution in [3.05, 3.63) is 0 Å². The van der Waals surface area contributed by atoms with Gasteiger partial charge in [0.2, 0.25) is 12.4 Å². The van der Waals surface area contributed by atoms with E-state index in [1.165, 1.54) is 0 Å². The molecular formula is C39H60O19. The highest BCUT2D eigenvalue weighted by molar-refractivity contribution is 5.73. The van der Waals surface area contributed by atoms with Crippen LogP contribution < -0.4 is 0 Å². The molecule has 19 nitrogen and oxygen atoms in total. The largest absolute Gasteiger partial charge is 0.463 e. The fourth-order valence-corrected chi connectivity index (χ4v) is 5.95. The van der Waals surface area contributed by atoms with Crippen LogP contribution in [0.25, 0.3) is 0 Å². The molecule has 58 heavy (non-hydrogen) atoms. The van der Waals surface area contributed by atoms with Crippen LogP contribution >= 0.6 is 0 Å². The van der Waals surface area contributed by atoms with E-state index in [1.807, 2.05) is 0 Å². The standard InChI is InChI=1S/C39H60O19/c1-19(2)13-29(44)49-18-28-34(54-30(45)14-20(3)4)37(55-31(46)15-21(5)6)39(56-28,57-32(47)16-22(7)8)58-38-36(52-26(12)43)35(51-25(11)42)33(50-24(10)41)27(53-38)17-48-23(9)40/h19-22,27-28,33-38H,13-18H2,1-12H3/t27-,28-,33-,34-,35+,36-,37+,38-,39+/m1/s1. The summed E-state index contributed by atoms with van der Waals surface area (Å²) in [6, 6.07) is 0. The highest BCUT2D eigenvalue weighted by Gasteiger charge is 2.67. The van der Waals surface area contributed by atoms with E-state index in [9.17, 15) is 38.4 Å². The van der Waals surface area contributed by atoms with Gasteiger partial charge in [-0.05, 0) is 23.7 Å². The Morgan fingerprint density at radius 2 is 0.931 bits per heavy atom. The van der Waals surface area contributed by atoms with Crippen LogP contribution in [0.15, 0.2) is 0 Å². The van der Waals surface area contributed by atoms with Gasteiger partial charge in [0.15, 0.2) is 24.4 Å². The zero-order valence-electron chi connectivity index (χ0n) is 35.4. The van der Waals surface area contributed by atoms with E-state index in [1.54, 1.807) is 55.4 Å². The van der Waals surface area contributed by atoms with Gasteiger partial charge in [-0.15, -0.1) is 0 Å². The lowest BCUT2D eigenvalue weighted by Gasteiger charge is -2.46. The Labute approximate surface area is 338 Å². The van der Waals surface area contributed by atoms with Gasteiger partial charge >= 0.3 is 53.7 Å². The normalized spacial score (nSPS) is 26.8. The van der Waals surface area contributed by atoms with Crippen LogP contribution in [-0.2, 0) is 90.5 Å². The molecule has 9 atom stereocenters. The summed E-state index contributed by atoms with van der Waals surface area (Å²) in [5.74, 6) is -10.7. The summed E-state index contributed by atoms with van der Waals surface area (Å²) in [6.07, 6.45) is -14.5. The highest BCUT2D eigenvalue weighted by Crippen LogP contribution is 2.43. The van der Waals surface area contributed by atoms with Gasteiger partial charge in [0.25, 0.3) is 0 Å². The zero-order valence-corrected chi connectivity index (χ0v) is 35.4. The molecule has 0 aromatic carbocycles. The minimum Gasteiger partial charge on any atom is -0.463 e. The Morgan fingerprint density at radius 1 is 0.483 bits per heavy atom. The van der Waals surface area contributed by atoms with Crippen molar-refractivity contribution in [3.8, 4) is 0 Å². The maximum atomic E-state index is 13.7. The lowest BCUT2D eigenvalue weighted by Crippen LogP contribution is -2.65. The molecule has 0 saturated carbocycles. The summed E-state index contributed by atoms with van der Waals surface area (Å²) in [4.78, 5) is 103. The lowest BCUT2D eigenvalue weighted by molar-refractivity contribution is -0.441. The Balaban J connectivity index is 2.95. The Hall–Kier alpha value is -4.36. The van der Waals surface area contributed by atoms with E-state index in [2.05, 4.69) is 0 Å². The third kappa shape index (κ3) is 16.1. The third-order valence-corrected chi connectivity index (χ3v) is 8.05. The minimum atomic E-state index is -2.94. The van der Waals surface area contributed by atoms with E-state index >= 15 is 0 Å². The lowest BCUT2D eigenvalue weighted by atomic mass is 9.98. The minimum absolute atomic E-state index is 0.00686. The number of ether oxygens (including phenoxy) is 11. The van der Waals surface area contributed by atoms with Crippen molar-refractivity contribution in [1.29, 1.82) is 0 Å². The fourth-order valence-electron chi connectivity index (χ4n) is 5.95. The fraction of sp³-hybridized carbons (Fsp3) is 0.795. The van der Waals surface area contributed by atoms with Gasteiger partial charge in [0, 0.05) is 53.4 Å². The van der Waals surface area contributed by atoms with Crippen LogP contribution in [0.4, 0.5) is 0 Å². The van der Waals surface area contributed by atoms with Crippen LogP contribution in [0.2, 0.25) is 0 Å². The Morgan fingerprint density at radius 3 is 1.43 bits per heavy atom. The first-order chi connectivity index (χ1) is 26.9. The molecule has 0 bridgehead atoms. The molecule has 2 aliphatic heterocycles. The highest BCUT2D eigenvalue weighted by atomic mass is 16.9. The first-order valence-corrected chi connectivity index (χ1v) is 19.3. The Kier molecular flexibility index (Phi) is 19.5. The van der Waals surface area contributed by atoms with E-state index in [-0.39, 0.29) is 49.4 Å². The number of esters is 8. The van der Waals surface area contributed by atoms with Crippen LogP contribution in [0, 0.1) is 23.7 Å². The van der Waals surface area contributed by atoms with Crippen LogP contribution in [0.3, 0.4) is 0 Å². The second-order valence-electron chi connectivity index (χ2n) is 15.9. The average molecular weight is 833 g/mol. The SMILES string of the molecule is CC(=O)OC[C@H]1O[C@H](O[C@]2(OC(=O)CC(C)C)O[C@H](COC(=O)CC(C)C)[C@@H](OC(=O)CC(C)C)[C@@H]2OC(=O)CC(C)C)[C@H](OC(C)=O)[C@@H](OC(C)=O)[C@@H]1OC(C)=O. The second-order valence-corrected chi connectivity index (χ2v) is 15.9. The second kappa shape index (κ2) is 22.7. The van der Waals surface area contributed by atoms with Gasteiger partial charge in [-0.2, -0.15) is 0 Å². The molecule has 2 fully saturated rings. The molecule has 0 spiro atoms. The number of hydrogen-bond donors (Lipinski definition) is 0. The summed E-state index contributed by atoms with van der Waals surface area (Å²) in [7, 11) is 0. The number of carbonyl (C=O) groups excluding carboxylic acids is 8. The molecule has 2 rings (SSSR count). The maximum Gasteiger partial charge on any atom is 0.375 e. The van der Waals surface area contributed by atoms with Crippen LogP contribution in [0.1, 0.15) is 109 Å². The summed E-state index contributed by atoms with van der Waals surface area (Å²) < 4.78 is 63.7. The van der Waals surface area contributed by atoms with Gasteiger partial charge in [-0.1, -0.05) is 55.4 Å². The molecule has 19 heteroatoms. The van der Waals surface area contributed by atoms with Crippen molar-refractivity contribution in [2.45, 2.75) is 164 Å². The number of rotatable bonds is 20. The predicted octanol–water partition coefficient (Wildman–Crippen LogP) is 3.23. The Bertz CT molecular complexity index is 1460. The summed E-state index contributed by atoms with van der Waals surface area (Å²) in [5.41, 5.74) is 0. The number of carbonyl (C=O) groups is 8. The van der Waals surface area contributed by atoms with Crippen molar-refractivity contribution >= 4 is 47.8 Å². The molecule has 0 aromatic rings. The third-order valence-electron chi connectivity index (χ3n) is 8.05. The molecule has 0 aromatic heterocycles. The van der Waals surface area contributed by atoms with Gasteiger partial charge < -0.3 is 47.4 Å². The molecule has 2 saturated heterocycles. The average Bonchev–Trinajstić information content (AvgIpc) is 3.30. The molecule has 0 aliphatic carbocycles. The molecule has 0 amide bonds. The molecule has 2 aliphatic rings. The van der Waals surface area contributed by atoms with E-state index in [0.717, 1.165) is 27.7 Å². The van der Waals surface area contributed by atoms with Crippen molar-refractivity contribution in [2.75, 3.05) is 13.2 Å². The first kappa shape index (κ1) is 49.8. The molecule has 2 heterocycles. The van der Waals surface area contributed by atoms with E-state index < -0.39 is 116 Å². The van der Waals surface area contributed by atoms with Gasteiger partial charge in [-0.25, -0.2) is 0 Å². The van der Waals surface area contributed by atoms with Crippen LogP contribution in [-0.4, -0.2) is 116 Å². The molecule has 0 unspecified atom stereocenters. The summed E-state index contributed by atoms with van der Waals surface area (Å²) in [5, 5.41) is 0. The number of hydrogen-bond acceptors (Lipinski definition) is 19.